The third kappa shape index (κ3) is 3.60. The fourth-order valence-corrected chi connectivity index (χ4v) is 2.90. The van der Waals surface area contributed by atoms with Crippen LogP contribution < -0.4 is 10.1 Å². The Labute approximate surface area is 156 Å². The molecule has 0 aliphatic rings. The molecule has 4 aromatic rings. The van der Waals surface area contributed by atoms with Crippen molar-refractivity contribution >= 4 is 11.5 Å². The second-order valence-corrected chi connectivity index (χ2v) is 6.05. The number of imidazole rings is 1. The highest BCUT2D eigenvalue weighted by atomic mass is 19.1. The number of ether oxygens (including phenoxy) is 1. The molecule has 6 heteroatoms. The quantitative estimate of drug-likeness (QED) is 0.550. The van der Waals surface area contributed by atoms with Crippen molar-refractivity contribution < 1.29 is 9.13 Å². The van der Waals surface area contributed by atoms with Crippen molar-refractivity contribution in [2.45, 2.75) is 0 Å². The van der Waals surface area contributed by atoms with Crippen molar-refractivity contribution in [1.82, 2.24) is 14.4 Å². The van der Waals surface area contributed by atoms with Gasteiger partial charge in [-0.25, -0.2) is 14.4 Å². The Hall–Kier alpha value is -3.41. The second kappa shape index (κ2) is 7.45. The number of nitrogens with zero attached hydrogens (tertiary/aromatic N) is 3. The minimum absolute atomic E-state index is 0.0542. The molecular weight excluding hydrogens is 343 g/mol. The molecule has 4 rings (SSSR count). The Balaban J connectivity index is 1.59. The SMILES string of the molecule is CNc1ccc(-c2ccc(-c3cn4cc(OCCF)ccc4n3)cc2)cn1. The normalized spacial score (nSPS) is 10.9. The van der Waals surface area contributed by atoms with Crippen LogP contribution >= 0.6 is 0 Å². The maximum atomic E-state index is 12.3. The summed E-state index contributed by atoms with van der Waals surface area (Å²) in [4.78, 5) is 8.99. The van der Waals surface area contributed by atoms with Crippen molar-refractivity contribution in [2.24, 2.45) is 0 Å². The first kappa shape index (κ1) is 17.0. The Morgan fingerprint density at radius 2 is 1.74 bits per heavy atom. The summed E-state index contributed by atoms with van der Waals surface area (Å²) in [6.45, 7) is -0.453. The van der Waals surface area contributed by atoms with Crippen LogP contribution in [-0.4, -0.2) is 34.7 Å². The molecule has 5 nitrogen and oxygen atoms in total. The molecule has 1 aromatic carbocycles. The minimum atomic E-state index is -0.507. The van der Waals surface area contributed by atoms with E-state index < -0.39 is 6.67 Å². The molecule has 0 amide bonds. The molecule has 0 fully saturated rings. The molecule has 0 saturated carbocycles. The van der Waals surface area contributed by atoms with E-state index in [0.29, 0.717) is 5.75 Å². The van der Waals surface area contributed by atoms with Gasteiger partial charge < -0.3 is 14.5 Å². The van der Waals surface area contributed by atoms with Crippen LogP contribution in [0.5, 0.6) is 5.75 Å². The second-order valence-electron chi connectivity index (χ2n) is 6.05. The number of anilines is 1. The van der Waals surface area contributed by atoms with Gasteiger partial charge in [0.15, 0.2) is 0 Å². The largest absolute Gasteiger partial charge is 0.489 e. The number of rotatable bonds is 6. The zero-order chi connectivity index (χ0) is 18.6. The van der Waals surface area contributed by atoms with Crippen molar-refractivity contribution in [3.63, 3.8) is 0 Å². The third-order valence-electron chi connectivity index (χ3n) is 4.30. The van der Waals surface area contributed by atoms with Gasteiger partial charge in [-0.3, -0.25) is 0 Å². The summed E-state index contributed by atoms with van der Waals surface area (Å²) < 4.78 is 19.5. The van der Waals surface area contributed by atoms with Crippen LogP contribution in [0, 0.1) is 0 Å². The molecule has 0 saturated heterocycles. The van der Waals surface area contributed by atoms with Gasteiger partial charge in [-0.05, 0) is 29.8 Å². The lowest BCUT2D eigenvalue weighted by atomic mass is 10.0. The van der Waals surface area contributed by atoms with E-state index in [0.717, 1.165) is 33.8 Å². The molecule has 0 radical (unpaired) electrons. The molecule has 3 heterocycles. The first-order valence-corrected chi connectivity index (χ1v) is 8.69. The van der Waals surface area contributed by atoms with Crippen molar-refractivity contribution in [2.75, 3.05) is 25.6 Å². The van der Waals surface area contributed by atoms with Gasteiger partial charge in [-0.15, -0.1) is 0 Å². The number of fused-ring (bicyclic) bond motifs is 1. The van der Waals surface area contributed by atoms with Crippen LogP contribution in [0.15, 0.2) is 67.1 Å². The summed E-state index contributed by atoms with van der Waals surface area (Å²) in [5.41, 5.74) is 4.86. The van der Waals surface area contributed by atoms with Crippen LogP contribution in [0.3, 0.4) is 0 Å². The van der Waals surface area contributed by atoms with Gasteiger partial charge in [0, 0.05) is 30.6 Å². The lowest BCUT2D eigenvalue weighted by molar-refractivity contribution is 0.272. The predicted molar refractivity (Wildman–Crippen MR) is 105 cm³/mol. The maximum Gasteiger partial charge on any atom is 0.137 e. The van der Waals surface area contributed by atoms with Gasteiger partial charge in [-0.1, -0.05) is 24.3 Å². The number of aromatic nitrogens is 3. The molecule has 1 N–H and O–H groups in total. The van der Waals surface area contributed by atoms with Crippen LogP contribution in [0.4, 0.5) is 10.2 Å². The molecule has 0 aliphatic heterocycles. The van der Waals surface area contributed by atoms with Gasteiger partial charge in [0.25, 0.3) is 0 Å². The van der Waals surface area contributed by atoms with E-state index in [4.69, 9.17) is 4.74 Å². The molecule has 0 unspecified atom stereocenters. The lowest BCUT2D eigenvalue weighted by Gasteiger charge is -2.04. The monoisotopic (exact) mass is 362 g/mol. The number of pyridine rings is 2. The average molecular weight is 362 g/mol. The fraction of sp³-hybridized carbons (Fsp3) is 0.143. The summed E-state index contributed by atoms with van der Waals surface area (Å²) in [6, 6.07) is 15.9. The first-order chi connectivity index (χ1) is 13.3. The van der Waals surface area contributed by atoms with Crippen molar-refractivity contribution in [1.29, 1.82) is 0 Å². The van der Waals surface area contributed by atoms with Crippen molar-refractivity contribution in [3.8, 4) is 28.1 Å². The summed E-state index contributed by atoms with van der Waals surface area (Å²) in [5, 5.41) is 3.01. The summed E-state index contributed by atoms with van der Waals surface area (Å²) in [6.07, 6.45) is 5.60. The Morgan fingerprint density at radius 1 is 0.963 bits per heavy atom. The smallest absolute Gasteiger partial charge is 0.137 e. The molecular formula is C21H19FN4O. The van der Waals surface area contributed by atoms with E-state index in [1.54, 1.807) is 6.07 Å². The Kier molecular flexibility index (Phi) is 4.70. The number of benzene rings is 1. The fourth-order valence-electron chi connectivity index (χ4n) is 2.90. The summed E-state index contributed by atoms with van der Waals surface area (Å²) in [5.74, 6) is 1.46. The summed E-state index contributed by atoms with van der Waals surface area (Å²) in [7, 11) is 1.85. The van der Waals surface area contributed by atoms with Gasteiger partial charge >= 0.3 is 0 Å². The molecule has 136 valence electrons. The van der Waals surface area contributed by atoms with E-state index in [2.05, 4.69) is 27.4 Å². The number of nitrogens with one attached hydrogen (secondary N) is 1. The molecule has 0 aliphatic carbocycles. The predicted octanol–water partition coefficient (Wildman–Crippen LogP) is 4.45. The van der Waals surface area contributed by atoms with E-state index in [-0.39, 0.29) is 6.61 Å². The Bertz CT molecular complexity index is 1040. The Morgan fingerprint density at radius 3 is 2.44 bits per heavy atom. The minimum Gasteiger partial charge on any atom is -0.489 e. The van der Waals surface area contributed by atoms with E-state index in [1.807, 2.05) is 60.4 Å². The van der Waals surface area contributed by atoms with Gasteiger partial charge in [-0.2, -0.15) is 0 Å². The number of halogens is 1. The number of hydrogen-bond acceptors (Lipinski definition) is 4. The summed E-state index contributed by atoms with van der Waals surface area (Å²) >= 11 is 0. The topological polar surface area (TPSA) is 51.5 Å². The molecule has 0 spiro atoms. The van der Waals surface area contributed by atoms with E-state index in [1.165, 1.54) is 0 Å². The molecule has 0 bridgehead atoms. The highest BCUT2D eigenvalue weighted by Gasteiger charge is 2.07. The van der Waals surface area contributed by atoms with Gasteiger partial charge in [0.2, 0.25) is 0 Å². The molecule has 0 atom stereocenters. The van der Waals surface area contributed by atoms with E-state index >= 15 is 0 Å². The molecule has 27 heavy (non-hydrogen) atoms. The third-order valence-corrected chi connectivity index (χ3v) is 4.30. The first-order valence-electron chi connectivity index (χ1n) is 8.69. The van der Waals surface area contributed by atoms with Crippen LogP contribution in [0.2, 0.25) is 0 Å². The standard InChI is InChI=1S/C21H19FN4O/c1-23-20-8-6-17(12-24-20)15-2-4-16(5-3-15)19-14-26-13-18(27-11-10-22)7-9-21(26)25-19/h2-9,12-14H,10-11H2,1H3,(H,23,24). The maximum absolute atomic E-state index is 12.3. The molecule has 3 aromatic heterocycles. The van der Waals surface area contributed by atoms with Gasteiger partial charge in [0.1, 0.15) is 30.5 Å². The average Bonchev–Trinajstić information content (AvgIpc) is 3.16. The lowest BCUT2D eigenvalue weighted by Crippen LogP contribution is -1.99. The zero-order valence-corrected chi connectivity index (χ0v) is 14.9. The van der Waals surface area contributed by atoms with Crippen LogP contribution in [0.1, 0.15) is 0 Å². The van der Waals surface area contributed by atoms with Gasteiger partial charge in [0.05, 0.1) is 11.9 Å². The van der Waals surface area contributed by atoms with Crippen LogP contribution in [0.25, 0.3) is 28.0 Å². The number of alkyl halides is 1. The highest BCUT2D eigenvalue weighted by Crippen LogP contribution is 2.25. The van der Waals surface area contributed by atoms with Crippen molar-refractivity contribution in [3.05, 3.63) is 67.1 Å². The van der Waals surface area contributed by atoms with Crippen LogP contribution in [-0.2, 0) is 0 Å². The zero-order valence-electron chi connectivity index (χ0n) is 14.9. The number of hydrogen-bond donors (Lipinski definition) is 1. The highest BCUT2D eigenvalue weighted by molar-refractivity contribution is 5.70. The van der Waals surface area contributed by atoms with E-state index in [9.17, 15) is 4.39 Å².